The van der Waals surface area contributed by atoms with E-state index in [1.807, 2.05) is 30.5 Å². The van der Waals surface area contributed by atoms with E-state index in [1.54, 1.807) is 42.6 Å². The van der Waals surface area contributed by atoms with Crippen molar-refractivity contribution in [2.24, 2.45) is 0 Å². The third kappa shape index (κ3) is 6.06. The van der Waals surface area contributed by atoms with Crippen LogP contribution in [0.25, 0.3) is 11.0 Å². The van der Waals surface area contributed by atoms with Gasteiger partial charge in [0.1, 0.15) is 24.1 Å². The second kappa shape index (κ2) is 12.4. The smallest absolute Gasteiger partial charge is 0.335 e. The number of carboxylic acid groups (broad SMARTS) is 1. The van der Waals surface area contributed by atoms with Gasteiger partial charge in [-0.25, -0.2) is 14.2 Å². The van der Waals surface area contributed by atoms with E-state index in [-0.39, 0.29) is 24.3 Å². The van der Waals surface area contributed by atoms with Gasteiger partial charge in [-0.3, -0.25) is 9.88 Å². The topological polar surface area (TPSA) is 106 Å². The molecule has 5 heterocycles. The highest BCUT2D eigenvalue weighted by Gasteiger charge is 2.41. The first-order valence-electron chi connectivity index (χ1n) is 14.7. The highest BCUT2D eigenvalue weighted by Crippen LogP contribution is 2.31. The number of ether oxygens (including phenoxy) is 2. The lowest BCUT2D eigenvalue weighted by atomic mass is 10.0. The maximum atomic E-state index is 14.3. The minimum atomic E-state index is -0.977. The van der Waals surface area contributed by atoms with E-state index < -0.39 is 11.8 Å². The van der Waals surface area contributed by atoms with Gasteiger partial charge in [-0.15, -0.1) is 0 Å². The number of nitrogens with zero attached hydrogens (tertiary/aromatic N) is 6. The SMILES string of the molecule is O=C(O)c1ccc2nc(CN3CCN(c4cccc(OCc5ccc(Cl)cc5F)n4)[C@@H]4COC[C@@H]43)n(Cc3cccnc3)c2c1. The first-order valence-corrected chi connectivity index (χ1v) is 15.0. The van der Waals surface area contributed by atoms with Gasteiger partial charge in [0.15, 0.2) is 0 Å². The van der Waals surface area contributed by atoms with E-state index in [0.717, 1.165) is 34.8 Å². The minimum absolute atomic E-state index is 0.0381. The third-order valence-corrected chi connectivity index (χ3v) is 8.63. The van der Waals surface area contributed by atoms with Crippen molar-refractivity contribution >= 4 is 34.4 Å². The number of hydrogen-bond acceptors (Lipinski definition) is 8. The zero-order valence-corrected chi connectivity index (χ0v) is 25.0. The van der Waals surface area contributed by atoms with Crippen LogP contribution in [0.4, 0.5) is 10.2 Å². The molecule has 2 aliphatic rings. The van der Waals surface area contributed by atoms with Crippen LogP contribution in [-0.4, -0.2) is 73.9 Å². The number of aromatic nitrogens is 4. The van der Waals surface area contributed by atoms with Crippen LogP contribution < -0.4 is 9.64 Å². The number of fused-ring (bicyclic) bond motifs is 2. The summed E-state index contributed by atoms with van der Waals surface area (Å²) in [4.78, 5) is 30.4. The van der Waals surface area contributed by atoms with Gasteiger partial charge < -0.3 is 24.0 Å². The van der Waals surface area contributed by atoms with Gasteiger partial charge >= 0.3 is 5.97 Å². The zero-order valence-electron chi connectivity index (χ0n) is 24.2. The number of hydrogen-bond donors (Lipinski definition) is 1. The fraction of sp³-hybridized carbons (Fsp3) is 0.273. The Labute approximate surface area is 263 Å². The molecule has 2 aromatic carbocycles. The fourth-order valence-corrected chi connectivity index (χ4v) is 6.28. The first-order chi connectivity index (χ1) is 21.9. The Balaban J connectivity index is 1.11. The molecule has 1 N–H and O–H groups in total. The van der Waals surface area contributed by atoms with Crippen molar-refractivity contribution in [1.82, 2.24) is 24.4 Å². The lowest BCUT2D eigenvalue weighted by Crippen LogP contribution is -2.59. The van der Waals surface area contributed by atoms with E-state index in [4.69, 9.17) is 31.0 Å². The van der Waals surface area contributed by atoms with Crippen molar-refractivity contribution in [3.8, 4) is 5.88 Å². The van der Waals surface area contributed by atoms with Crippen molar-refractivity contribution in [3.05, 3.63) is 112 Å². The molecule has 0 bridgehead atoms. The van der Waals surface area contributed by atoms with E-state index >= 15 is 0 Å². The van der Waals surface area contributed by atoms with Crippen molar-refractivity contribution in [2.75, 3.05) is 31.2 Å². The normalized spacial score (nSPS) is 18.3. The van der Waals surface area contributed by atoms with Gasteiger partial charge in [0.25, 0.3) is 0 Å². The Morgan fingerprint density at radius 1 is 1.02 bits per heavy atom. The molecular formula is C33H30ClFN6O4. The molecule has 2 fully saturated rings. The van der Waals surface area contributed by atoms with Crippen molar-refractivity contribution in [2.45, 2.75) is 31.8 Å². The minimum Gasteiger partial charge on any atom is -0.478 e. The summed E-state index contributed by atoms with van der Waals surface area (Å²) in [6.45, 7) is 3.69. The molecule has 2 atom stereocenters. The number of carbonyl (C=O) groups is 1. The summed E-state index contributed by atoms with van der Waals surface area (Å²) in [5.74, 6) is 0.629. The number of piperazine rings is 1. The van der Waals surface area contributed by atoms with Gasteiger partial charge in [-0.1, -0.05) is 29.8 Å². The number of pyridine rings is 2. The summed E-state index contributed by atoms with van der Waals surface area (Å²) in [7, 11) is 0. The van der Waals surface area contributed by atoms with Gasteiger partial charge in [0.2, 0.25) is 5.88 Å². The van der Waals surface area contributed by atoms with E-state index in [0.29, 0.717) is 49.3 Å². The van der Waals surface area contributed by atoms with Crippen LogP contribution in [0.5, 0.6) is 5.88 Å². The molecular weight excluding hydrogens is 599 g/mol. The summed E-state index contributed by atoms with van der Waals surface area (Å²) in [5, 5.41) is 9.97. The highest BCUT2D eigenvalue weighted by molar-refractivity contribution is 6.30. The number of carboxylic acids is 1. The zero-order chi connectivity index (χ0) is 30.9. The fourth-order valence-electron chi connectivity index (χ4n) is 6.12. The number of benzene rings is 2. The first kappa shape index (κ1) is 29.1. The van der Waals surface area contributed by atoms with Crippen LogP contribution in [-0.2, 0) is 24.4 Å². The highest BCUT2D eigenvalue weighted by atomic mass is 35.5. The molecule has 5 aromatic rings. The Hall–Kier alpha value is -4.58. The van der Waals surface area contributed by atoms with E-state index in [9.17, 15) is 14.3 Å². The average Bonchev–Trinajstić information content (AvgIpc) is 3.67. The predicted octanol–water partition coefficient (Wildman–Crippen LogP) is 5.03. The molecule has 3 aromatic heterocycles. The number of halogens is 2. The molecule has 0 radical (unpaired) electrons. The van der Waals surface area contributed by atoms with E-state index in [2.05, 4.69) is 19.4 Å². The number of anilines is 1. The van der Waals surface area contributed by atoms with Crippen LogP contribution in [0.3, 0.4) is 0 Å². The molecule has 12 heteroatoms. The number of imidazole rings is 1. The van der Waals surface area contributed by atoms with Gasteiger partial charge in [-0.05, 0) is 48.0 Å². The maximum Gasteiger partial charge on any atom is 0.335 e. The molecule has 10 nitrogen and oxygen atoms in total. The lowest BCUT2D eigenvalue weighted by Gasteiger charge is -2.44. The van der Waals surface area contributed by atoms with Crippen LogP contribution in [0.15, 0.2) is 79.1 Å². The van der Waals surface area contributed by atoms with Crippen LogP contribution >= 0.6 is 11.6 Å². The van der Waals surface area contributed by atoms with Crippen LogP contribution in [0.1, 0.15) is 27.3 Å². The number of aromatic carboxylic acids is 1. The molecule has 2 saturated heterocycles. The molecule has 0 spiro atoms. The lowest BCUT2D eigenvalue weighted by molar-refractivity contribution is 0.0697. The molecule has 7 rings (SSSR count). The molecule has 0 amide bonds. The Morgan fingerprint density at radius 2 is 1.91 bits per heavy atom. The van der Waals surface area contributed by atoms with Gasteiger partial charge in [0, 0.05) is 42.1 Å². The Bertz CT molecular complexity index is 1850. The maximum absolute atomic E-state index is 14.3. The van der Waals surface area contributed by atoms with Crippen molar-refractivity contribution in [1.29, 1.82) is 0 Å². The summed E-state index contributed by atoms with van der Waals surface area (Å²) in [5.41, 5.74) is 3.13. The van der Waals surface area contributed by atoms with Gasteiger partial charge in [0.05, 0.1) is 55.0 Å². The molecule has 0 unspecified atom stereocenters. The van der Waals surface area contributed by atoms with Crippen LogP contribution in [0, 0.1) is 5.82 Å². The monoisotopic (exact) mass is 628 g/mol. The van der Waals surface area contributed by atoms with Crippen molar-refractivity contribution in [3.63, 3.8) is 0 Å². The second-order valence-electron chi connectivity index (χ2n) is 11.2. The quantitative estimate of drug-likeness (QED) is 0.240. The molecule has 230 valence electrons. The second-order valence-corrected chi connectivity index (χ2v) is 11.6. The Kier molecular flexibility index (Phi) is 8.05. The van der Waals surface area contributed by atoms with Gasteiger partial charge in [-0.2, -0.15) is 4.98 Å². The molecule has 0 aliphatic carbocycles. The summed E-state index contributed by atoms with van der Waals surface area (Å²) in [6.07, 6.45) is 3.54. The van der Waals surface area contributed by atoms with E-state index in [1.165, 1.54) is 6.07 Å². The third-order valence-electron chi connectivity index (χ3n) is 8.39. The largest absolute Gasteiger partial charge is 0.478 e. The van der Waals surface area contributed by atoms with Crippen molar-refractivity contribution < 1.29 is 23.8 Å². The summed E-state index contributed by atoms with van der Waals surface area (Å²) < 4.78 is 28.2. The summed E-state index contributed by atoms with van der Waals surface area (Å²) >= 11 is 5.88. The van der Waals surface area contributed by atoms with Crippen LogP contribution in [0.2, 0.25) is 5.02 Å². The number of rotatable bonds is 9. The average molecular weight is 629 g/mol. The Morgan fingerprint density at radius 3 is 2.73 bits per heavy atom. The standard InChI is InChI=1S/C33H30ClFN6O4/c34-24-8-6-23(25(35)14-24)18-45-32-5-1-4-30(38-32)40-12-11-39(28-19-44-20-29(28)40)17-31-37-26-9-7-22(33(42)43)13-27(26)41(31)16-21-3-2-10-36-15-21/h1-10,13-15,28-29H,11-12,16-20H2,(H,42,43)/t28-,29+/m0/s1. The molecule has 0 saturated carbocycles. The summed E-state index contributed by atoms with van der Waals surface area (Å²) in [6, 6.07) is 19.2. The molecule has 2 aliphatic heterocycles. The predicted molar refractivity (Wildman–Crippen MR) is 166 cm³/mol. The molecule has 45 heavy (non-hydrogen) atoms.